The second-order valence-electron chi connectivity index (χ2n) is 7.18. The number of sulfonamides is 1. The highest BCUT2D eigenvalue weighted by molar-refractivity contribution is 7.88. The van der Waals surface area contributed by atoms with Crippen LogP contribution in [-0.4, -0.2) is 55.0 Å². The van der Waals surface area contributed by atoms with Crippen LogP contribution in [0.4, 0.5) is 0 Å². The first-order valence-corrected chi connectivity index (χ1v) is 10.4. The van der Waals surface area contributed by atoms with Gasteiger partial charge in [-0.2, -0.15) is 0 Å². The van der Waals surface area contributed by atoms with Crippen LogP contribution < -0.4 is 0 Å². The van der Waals surface area contributed by atoms with Crippen molar-refractivity contribution in [3.63, 3.8) is 0 Å². The first kappa shape index (κ1) is 17.8. The number of piperidine rings is 1. The van der Waals surface area contributed by atoms with E-state index in [-0.39, 0.29) is 11.5 Å². The van der Waals surface area contributed by atoms with Crippen molar-refractivity contribution in [3.8, 4) is 0 Å². The van der Waals surface area contributed by atoms with Gasteiger partial charge in [-0.3, -0.25) is 4.90 Å². The van der Waals surface area contributed by atoms with E-state index >= 15 is 0 Å². The smallest absolute Gasteiger partial charge is 0.211 e. The molecule has 2 heterocycles. The summed E-state index contributed by atoms with van der Waals surface area (Å²) in [5.41, 5.74) is 1.23. The summed E-state index contributed by atoms with van der Waals surface area (Å²) in [6.45, 7) is 9.26. The predicted octanol–water partition coefficient (Wildman–Crippen LogP) is 2.30. The molecule has 0 radical (unpaired) electrons. The Bertz CT molecular complexity index is 597. The van der Waals surface area contributed by atoms with E-state index in [4.69, 9.17) is 4.98 Å². The van der Waals surface area contributed by atoms with Gasteiger partial charge in [0, 0.05) is 43.5 Å². The molecule has 22 heavy (non-hydrogen) atoms. The first-order chi connectivity index (χ1) is 10.1. The van der Waals surface area contributed by atoms with Gasteiger partial charge in [0.05, 0.1) is 17.0 Å². The molecule has 1 aromatic rings. The van der Waals surface area contributed by atoms with E-state index in [2.05, 4.69) is 31.1 Å². The SMILES string of the molecule is CN(C1CCN(Cc2csc(C(C)(C)C)n2)CC1)S(C)(=O)=O. The second kappa shape index (κ2) is 6.55. The van der Waals surface area contributed by atoms with Crippen molar-refractivity contribution in [2.24, 2.45) is 0 Å². The van der Waals surface area contributed by atoms with E-state index in [1.165, 1.54) is 15.6 Å². The van der Waals surface area contributed by atoms with Crippen LogP contribution in [0.3, 0.4) is 0 Å². The van der Waals surface area contributed by atoms with Crippen LogP contribution in [-0.2, 0) is 22.0 Å². The van der Waals surface area contributed by atoms with E-state index in [9.17, 15) is 8.42 Å². The summed E-state index contributed by atoms with van der Waals surface area (Å²) >= 11 is 1.73. The standard InChI is InChI=1S/C15H27N3O2S2/c1-15(2,3)14-16-12(11-21-14)10-18-8-6-13(7-9-18)17(4)22(5,19)20/h11,13H,6-10H2,1-5H3. The summed E-state index contributed by atoms with van der Waals surface area (Å²) in [6, 6.07) is 0.131. The fraction of sp³-hybridized carbons (Fsp3) is 0.800. The zero-order chi connectivity index (χ0) is 16.5. The van der Waals surface area contributed by atoms with Gasteiger partial charge in [0.15, 0.2) is 0 Å². The molecule has 0 unspecified atom stereocenters. The Morgan fingerprint density at radius 3 is 2.41 bits per heavy atom. The lowest BCUT2D eigenvalue weighted by molar-refractivity contribution is 0.163. The fourth-order valence-corrected chi connectivity index (χ4v) is 4.32. The molecule has 0 aromatic carbocycles. The van der Waals surface area contributed by atoms with Crippen LogP contribution in [0.5, 0.6) is 0 Å². The number of rotatable bonds is 4. The molecule has 1 aliphatic heterocycles. The molecule has 2 rings (SSSR count). The van der Waals surface area contributed by atoms with Crippen LogP contribution in [0, 0.1) is 0 Å². The molecule has 7 heteroatoms. The van der Waals surface area contributed by atoms with Gasteiger partial charge in [0.1, 0.15) is 0 Å². The molecule has 1 fully saturated rings. The minimum atomic E-state index is -3.09. The van der Waals surface area contributed by atoms with Crippen LogP contribution in [0.1, 0.15) is 44.3 Å². The average Bonchev–Trinajstić information content (AvgIpc) is 2.86. The molecule has 0 atom stereocenters. The van der Waals surface area contributed by atoms with E-state index in [0.29, 0.717) is 0 Å². The summed E-state index contributed by atoms with van der Waals surface area (Å²) in [7, 11) is -1.40. The van der Waals surface area contributed by atoms with Crippen molar-refractivity contribution in [1.29, 1.82) is 0 Å². The highest BCUT2D eigenvalue weighted by atomic mass is 32.2. The quantitative estimate of drug-likeness (QED) is 0.840. The number of hydrogen-bond donors (Lipinski definition) is 0. The summed E-state index contributed by atoms with van der Waals surface area (Å²) in [5, 5.41) is 3.32. The lowest BCUT2D eigenvalue weighted by Gasteiger charge is -2.35. The third-order valence-corrected chi connectivity index (χ3v) is 6.83. The lowest BCUT2D eigenvalue weighted by Crippen LogP contribution is -2.44. The van der Waals surface area contributed by atoms with Gasteiger partial charge in [0.2, 0.25) is 10.0 Å². The van der Waals surface area contributed by atoms with Gasteiger partial charge in [-0.1, -0.05) is 20.8 Å². The lowest BCUT2D eigenvalue weighted by atomic mass is 9.98. The van der Waals surface area contributed by atoms with E-state index < -0.39 is 10.0 Å². The molecule has 0 saturated carbocycles. The summed E-state index contributed by atoms with van der Waals surface area (Å²) in [6.07, 6.45) is 3.06. The average molecular weight is 346 g/mol. The topological polar surface area (TPSA) is 53.5 Å². The number of aromatic nitrogens is 1. The zero-order valence-electron chi connectivity index (χ0n) is 14.2. The van der Waals surface area contributed by atoms with Crippen LogP contribution in [0.2, 0.25) is 0 Å². The maximum absolute atomic E-state index is 11.6. The van der Waals surface area contributed by atoms with Crippen molar-refractivity contribution >= 4 is 21.4 Å². The van der Waals surface area contributed by atoms with Crippen molar-refractivity contribution in [2.45, 2.75) is 51.6 Å². The van der Waals surface area contributed by atoms with Gasteiger partial charge in [0.25, 0.3) is 0 Å². The molecule has 0 bridgehead atoms. The molecule has 5 nitrogen and oxygen atoms in total. The van der Waals surface area contributed by atoms with Crippen LogP contribution >= 0.6 is 11.3 Å². The predicted molar refractivity (Wildman–Crippen MR) is 91.7 cm³/mol. The zero-order valence-corrected chi connectivity index (χ0v) is 15.8. The van der Waals surface area contributed by atoms with Gasteiger partial charge < -0.3 is 0 Å². The highest BCUT2D eigenvalue weighted by Crippen LogP contribution is 2.26. The van der Waals surface area contributed by atoms with Gasteiger partial charge >= 0.3 is 0 Å². The first-order valence-electron chi connectivity index (χ1n) is 7.67. The summed E-state index contributed by atoms with van der Waals surface area (Å²) < 4.78 is 24.7. The van der Waals surface area contributed by atoms with Crippen LogP contribution in [0.15, 0.2) is 5.38 Å². The van der Waals surface area contributed by atoms with E-state index in [1.54, 1.807) is 18.4 Å². The Morgan fingerprint density at radius 1 is 1.36 bits per heavy atom. The molecule has 0 aliphatic carbocycles. The van der Waals surface area contributed by atoms with Crippen molar-refractivity contribution in [1.82, 2.24) is 14.2 Å². The number of hydrogen-bond acceptors (Lipinski definition) is 5. The van der Waals surface area contributed by atoms with Crippen molar-refractivity contribution < 1.29 is 8.42 Å². The molecular weight excluding hydrogens is 318 g/mol. The Labute approximate surface area is 138 Å². The molecule has 1 aromatic heterocycles. The molecule has 0 spiro atoms. The number of nitrogens with zero attached hydrogens (tertiary/aromatic N) is 3. The minimum Gasteiger partial charge on any atom is -0.297 e. The van der Waals surface area contributed by atoms with E-state index in [1.807, 2.05) is 0 Å². The maximum atomic E-state index is 11.6. The minimum absolute atomic E-state index is 0.105. The van der Waals surface area contributed by atoms with Gasteiger partial charge in [-0.15, -0.1) is 11.3 Å². The third kappa shape index (κ3) is 4.50. The Morgan fingerprint density at radius 2 is 1.95 bits per heavy atom. The largest absolute Gasteiger partial charge is 0.297 e. The summed E-state index contributed by atoms with van der Waals surface area (Å²) in [5.74, 6) is 0. The molecular formula is C15H27N3O2S2. The Balaban J connectivity index is 1.89. The molecule has 1 aliphatic rings. The molecule has 1 saturated heterocycles. The van der Waals surface area contributed by atoms with Crippen LogP contribution in [0.25, 0.3) is 0 Å². The molecule has 0 amide bonds. The monoisotopic (exact) mass is 345 g/mol. The van der Waals surface area contributed by atoms with E-state index in [0.717, 1.165) is 38.2 Å². The third-order valence-electron chi connectivity index (χ3n) is 4.17. The maximum Gasteiger partial charge on any atom is 0.211 e. The molecule has 126 valence electrons. The Kier molecular flexibility index (Phi) is 5.31. The second-order valence-corrected chi connectivity index (χ2v) is 10.1. The molecule has 0 N–H and O–H groups in total. The van der Waals surface area contributed by atoms with Gasteiger partial charge in [-0.25, -0.2) is 17.7 Å². The highest BCUT2D eigenvalue weighted by Gasteiger charge is 2.27. The summed E-state index contributed by atoms with van der Waals surface area (Å²) in [4.78, 5) is 7.11. The van der Waals surface area contributed by atoms with Gasteiger partial charge in [-0.05, 0) is 12.8 Å². The normalized spacial score (nSPS) is 19.0. The number of likely N-dealkylation sites (tertiary alicyclic amines) is 1. The number of thiazole rings is 1. The fourth-order valence-electron chi connectivity index (χ4n) is 2.67. The Hall–Kier alpha value is -0.500. The van der Waals surface area contributed by atoms with Crippen molar-refractivity contribution in [2.75, 3.05) is 26.4 Å². The van der Waals surface area contributed by atoms with Crippen molar-refractivity contribution in [3.05, 3.63) is 16.1 Å².